The lowest BCUT2D eigenvalue weighted by molar-refractivity contribution is 0.394. The van der Waals surface area contributed by atoms with Gasteiger partial charge >= 0.3 is 0 Å². The van der Waals surface area contributed by atoms with Crippen molar-refractivity contribution in [2.24, 2.45) is 0 Å². The van der Waals surface area contributed by atoms with Gasteiger partial charge in [-0.15, -0.1) is 0 Å². The molecule has 2 nitrogen and oxygen atoms in total. The minimum Gasteiger partial charge on any atom is -0.481 e. The Morgan fingerprint density at radius 3 is 2.85 bits per heavy atom. The van der Waals surface area contributed by atoms with Crippen LogP contribution >= 0.6 is 22.6 Å². The van der Waals surface area contributed by atoms with Crippen molar-refractivity contribution in [3.63, 3.8) is 0 Å². The third kappa shape index (κ3) is 2.83. The van der Waals surface area contributed by atoms with Crippen molar-refractivity contribution >= 4 is 22.6 Å². The Kier molecular flexibility index (Phi) is 4.48. The van der Waals surface area contributed by atoms with Gasteiger partial charge in [0.25, 0.3) is 0 Å². The molecule has 0 aliphatic rings. The molecule has 0 aromatic carbocycles. The number of alkyl halides is 1. The van der Waals surface area contributed by atoms with E-state index in [1.807, 2.05) is 6.20 Å². The van der Waals surface area contributed by atoms with Crippen LogP contribution in [-0.4, -0.2) is 12.1 Å². The molecular weight excluding hydrogens is 277 g/mol. The van der Waals surface area contributed by atoms with Gasteiger partial charge in [0.15, 0.2) is 0 Å². The Balaban J connectivity index is 2.91. The number of ether oxygens (including phenoxy) is 1. The molecule has 0 radical (unpaired) electrons. The zero-order valence-electron chi connectivity index (χ0n) is 8.01. The number of halogens is 1. The molecule has 0 atom stereocenters. The topological polar surface area (TPSA) is 22.1 Å². The first-order valence-corrected chi connectivity index (χ1v) is 5.92. The molecule has 13 heavy (non-hydrogen) atoms. The van der Waals surface area contributed by atoms with Crippen LogP contribution in [0.15, 0.2) is 12.3 Å². The lowest BCUT2D eigenvalue weighted by atomic mass is 10.1. The number of hydrogen-bond donors (Lipinski definition) is 0. The zero-order chi connectivity index (χ0) is 9.68. The molecule has 1 rings (SSSR count). The predicted molar refractivity (Wildman–Crippen MR) is 62.5 cm³/mol. The van der Waals surface area contributed by atoms with Gasteiger partial charge in [0, 0.05) is 16.2 Å². The fourth-order valence-corrected chi connectivity index (χ4v) is 1.80. The fourth-order valence-electron chi connectivity index (χ4n) is 1.25. The first-order valence-electron chi connectivity index (χ1n) is 4.39. The number of methoxy groups -OCH3 is 1. The third-order valence-electron chi connectivity index (χ3n) is 1.86. The van der Waals surface area contributed by atoms with Crippen molar-refractivity contribution in [2.75, 3.05) is 7.11 Å². The maximum Gasteiger partial charge on any atom is 0.217 e. The summed E-state index contributed by atoms with van der Waals surface area (Å²) in [5, 5.41) is 0. The van der Waals surface area contributed by atoms with E-state index in [9.17, 15) is 0 Å². The maximum atomic E-state index is 5.15. The molecule has 0 saturated carbocycles. The summed E-state index contributed by atoms with van der Waals surface area (Å²) in [4.78, 5) is 4.26. The summed E-state index contributed by atoms with van der Waals surface area (Å²) in [6, 6.07) is 2.18. The van der Waals surface area contributed by atoms with Gasteiger partial charge in [-0.05, 0) is 18.1 Å². The quantitative estimate of drug-likeness (QED) is 0.628. The molecule has 0 bridgehead atoms. The first kappa shape index (κ1) is 10.8. The van der Waals surface area contributed by atoms with Gasteiger partial charge in [-0.1, -0.05) is 35.9 Å². The van der Waals surface area contributed by atoms with E-state index < -0.39 is 0 Å². The molecule has 0 unspecified atom stereocenters. The van der Waals surface area contributed by atoms with Crippen molar-refractivity contribution in [3.8, 4) is 5.88 Å². The summed E-state index contributed by atoms with van der Waals surface area (Å²) in [6.07, 6.45) is 4.16. The van der Waals surface area contributed by atoms with Crippen LogP contribution in [0.4, 0.5) is 0 Å². The summed E-state index contributed by atoms with van der Waals surface area (Å²) in [7, 11) is 1.66. The standard InChI is InChI=1S/C10H14INO/c1-3-4-8-5-9(6-11)10(13-2)12-7-8/h5,7H,3-4,6H2,1-2H3. The van der Waals surface area contributed by atoms with E-state index in [1.54, 1.807) is 7.11 Å². The van der Waals surface area contributed by atoms with E-state index in [0.717, 1.165) is 23.1 Å². The van der Waals surface area contributed by atoms with Gasteiger partial charge in [-0.3, -0.25) is 0 Å². The number of pyridine rings is 1. The summed E-state index contributed by atoms with van der Waals surface area (Å²) >= 11 is 2.33. The molecule has 1 aromatic rings. The van der Waals surface area contributed by atoms with E-state index in [4.69, 9.17) is 4.74 Å². The maximum absolute atomic E-state index is 5.15. The lowest BCUT2D eigenvalue weighted by Crippen LogP contribution is -1.95. The minimum absolute atomic E-state index is 0.759. The molecule has 0 saturated heterocycles. The highest BCUT2D eigenvalue weighted by molar-refractivity contribution is 14.1. The molecule has 0 spiro atoms. The monoisotopic (exact) mass is 291 g/mol. The number of nitrogens with zero attached hydrogens (tertiary/aromatic N) is 1. The second-order valence-corrected chi connectivity index (χ2v) is 3.66. The van der Waals surface area contributed by atoms with Gasteiger partial charge in [-0.25, -0.2) is 4.98 Å². The Bertz CT molecular complexity index is 276. The average Bonchev–Trinajstić information content (AvgIpc) is 2.18. The second kappa shape index (κ2) is 5.42. The Morgan fingerprint density at radius 2 is 2.31 bits per heavy atom. The van der Waals surface area contributed by atoms with Crippen LogP contribution in [-0.2, 0) is 10.8 Å². The Morgan fingerprint density at radius 1 is 1.54 bits per heavy atom. The van der Waals surface area contributed by atoms with Crippen molar-refractivity contribution in [1.82, 2.24) is 4.98 Å². The molecule has 1 heterocycles. The summed E-state index contributed by atoms with van der Waals surface area (Å²) in [6.45, 7) is 2.17. The molecule has 1 aromatic heterocycles. The molecule has 0 N–H and O–H groups in total. The molecule has 0 amide bonds. The van der Waals surface area contributed by atoms with Gasteiger partial charge in [0.2, 0.25) is 5.88 Å². The molecule has 0 aliphatic heterocycles. The average molecular weight is 291 g/mol. The largest absolute Gasteiger partial charge is 0.481 e. The normalized spacial score (nSPS) is 10.1. The van der Waals surface area contributed by atoms with E-state index in [1.165, 1.54) is 11.1 Å². The number of hydrogen-bond acceptors (Lipinski definition) is 2. The zero-order valence-corrected chi connectivity index (χ0v) is 10.2. The van der Waals surface area contributed by atoms with Gasteiger partial charge in [0.1, 0.15) is 0 Å². The van der Waals surface area contributed by atoms with Crippen LogP contribution in [0.2, 0.25) is 0 Å². The van der Waals surface area contributed by atoms with Crippen LogP contribution in [0.3, 0.4) is 0 Å². The van der Waals surface area contributed by atoms with E-state index in [-0.39, 0.29) is 0 Å². The Labute approximate surface area is 92.9 Å². The highest BCUT2D eigenvalue weighted by atomic mass is 127. The van der Waals surface area contributed by atoms with E-state index >= 15 is 0 Å². The molecule has 72 valence electrons. The van der Waals surface area contributed by atoms with E-state index in [2.05, 4.69) is 40.6 Å². The van der Waals surface area contributed by atoms with Gasteiger partial charge in [0.05, 0.1) is 7.11 Å². The van der Waals surface area contributed by atoms with Crippen molar-refractivity contribution < 1.29 is 4.74 Å². The SMILES string of the molecule is CCCc1cnc(OC)c(CI)c1. The number of rotatable bonds is 4. The second-order valence-electron chi connectivity index (χ2n) is 2.90. The lowest BCUT2D eigenvalue weighted by Gasteiger charge is -2.06. The number of aryl methyl sites for hydroxylation is 1. The van der Waals surface area contributed by atoms with Gasteiger partial charge in [-0.2, -0.15) is 0 Å². The third-order valence-corrected chi connectivity index (χ3v) is 2.68. The summed E-state index contributed by atoms with van der Waals surface area (Å²) in [5.74, 6) is 0.759. The highest BCUT2D eigenvalue weighted by Crippen LogP contribution is 2.19. The molecule has 0 fully saturated rings. The molecular formula is C10H14INO. The smallest absolute Gasteiger partial charge is 0.217 e. The van der Waals surface area contributed by atoms with Crippen LogP contribution in [0.5, 0.6) is 5.88 Å². The Hall–Kier alpha value is -0.320. The summed E-state index contributed by atoms with van der Waals surface area (Å²) in [5.41, 5.74) is 2.49. The molecule has 0 aliphatic carbocycles. The van der Waals surface area contributed by atoms with Crippen LogP contribution in [0.1, 0.15) is 24.5 Å². The van der Waals surface area contributed by atoms with Gasteiger partial charge < -0.3 is 4.74 Å². The highest BCUT2D eigenvalue weighted by Gasteiger charge is 2.03. The summed E-state index contributed by atoms with van der Waals surface area (Å²) < 4.78 is 6.10. The fraction of sp³-hybridized carbons (Fsp3) is 0.500. The van der Waals surface area contributed by atoms with Crippen molar-refractivity contribution in [1.29, 1.82) is 0 Å². The van der Waals surface area contributed by atoms with E-state index in [0.29, 0.717) is 0 Å². The number of aromatic nitrogens is 1. The minimum atomic E-state index is 0.759. The van der Waals surface area contributed by atoms with Crippen LogP contribution in [0, 0.1) is 0 Å². The van der Waals surface area contributed by atoms with Crippen LogP contribution in [0.25, 0.3) is 0 Å². The predicted octanol–water partition coefficient (Wildman–Crippen LogP) is 2.98. The van der Waals surface area contributed by atoms with Crippen molar-refractivity contribution in [3.05, 3.63) is 23.4 Å². The first-order chi connectivity index (χ1) is 6.31. The molecule has 3 heteroatoms. The van der Waals surface area contributed by atoms with Crippen molar-refractivity contribution in [2.45, 2.75) is 24.2 Å². The van der Waals surface area contributed by atoms with Crippen LogP contribution < -0.4 is 4.74 Å².